The van der Waals surface area contributed by atoms with Crippen molar-refractivity contribution in [2.75, 3.05) is 11.4 Å². The Balaban J connectivity index is 2.40. The van der Waals surface area contributed by atoms with Gasteiger partial charge in [0.2, 0.25) is 0 Å². The van der Waals surface area contributed by atoms with Gasteiger partial charge >= 0.3 is 5.97 Å². The van der Waals surface area contributed by atoms with Gasteiger partial charge in [-0.3, -0.25) is 0 Å². The van der Waals surface area contributed by atoms with Crippen LogP contribution >= 0.6 is 11.6 Å². The van der Waals surface area contributed by atoms with Gasteiger partial charge in [-0.2, -0.15) is 0 Å². The third-order valence-corrected chi connectivity index (χ3v) is 4.06. The van der Waals surface area contributed by atoms with Crippen molar-refractivity contribution in [1.82, 2.24) is 0 Å². The molecule has 0 spiro atoms. The quantitative estimate of drug-likeness (QED) is 0.873. The van der Waals surface area contributed by atoms with E-state index in [9.17, 15) is 9.90 Å². The molecule has 2 rings (SSSR count). The predicted octanol–water partition coefficient (Wildman–Crippen LogP) is 4.44. The van der Waals surface area contributed by atoms with Crippen molar-refractivity contribution in [3.05, 3.63) is 28.8 Å². The molecule has 1 aliphatic carbocycles. The van der Waals surface area contributed by atoms with E-state index in [1.54, 1.807) is 18.2 Å². The summed E-state index contributed by atoms with van der Waals surface area (Å²) in [6.45, 7) is 5.19. The molecule has 0 amide bonds. The number of benzene rings is 1. The first-order valence-electron chi connectivity index (χ1n) is 7.28. The van der Waals surface area contributed by atoms with Gasteiger partial charge in [0.1, 0.15) is 0 Å². The van der Waals surface area contributed by atoms with E-state index in [1.165, 1.54) is 12.8 Å². The fourth-order valence-corrected chi connectivity index (χ4v) is 3.14. The highest BCUT2D eigenvalue weighted by atomic mass is 35.5. The molecule has 4 heteroatoms. The lowest BCUT2D eigenvalue weighted by Crippen LogP contribution is -2.37. The van der Waals surface area contributed by atoms with Crippen molar-refractivity contribution < 1.29 is 9.90 Å². The molecule has 1 N–H and O–H groups in total. The number of carboxylic acid groups (broad SMARTS) is 1. The normalized spacial score (nSPS) is 15.8. The number of nitrogens with zero attached hydrogens (tertiary/aromatic N) is 1. The topological polar surface area (TPSA) is 40.5 Å². The minimum atomic E-state index is -0.886. The molecule has 1 aliphatic rings. The summed E-state index contributed by atoms with van der Waals surface area (Å²) >= 11 is 6.09. The first-order valence-corrected chi connectivity index (χ1v) is 7.66. The molecule has 1 aromatic rings. The van der Waals surface area contributed by atoms with Crippen molar-refractivity contribution in [1.29, 1.82) is 0 Å². The molecule has 0 radical (unpaired) electrons. The van der Waals surface area contributed by atoms with Crippen LogP contribution in [-0.4, -0.2) is 23.7 Å². The van der Waals surface area contributed by atoms with Gasteiger partial charge < -0.3 is 10.0 Å². The lowest BCUT2D eigenvalue weighted by molar-refractivity contribution is 0.0697. The highest BCUT2D eigenvalue weighted by Crippen LogP contribution is 2.33. The van der Waals surface area contributed by atoms with Crippen LogP contribution in [0.5, 0.6) is 0 Å². The van der Waals surface area contributed by atoms with Crippen LogP contribution in [0.3, 0.4) is 0 Å². The van der Waals surface area contributed by atoms with Crippen LogP contribution in [-0.2, 0) is 0 Å². The van der Waals surface area contributed by atoms with Crippen LogP contribution in [0.15, 0.2) is 18.2 Å². The van der Waals surface area contributed by atoms with E-state index in [1.807, 2.05) is 0 Å². The number of anilines is 1. The van der Waals surface area contributed by atoms with E-state index in [-0.39, 0.29) is 0 Å². The van der Waals surface area contributed by atoms with Crippen LogP contribution in [0.25, 0.3) is 0 Å². The van der Waals surface area contributed by atoms with E-state index in [0.717, 1.165) is 25.1 Å². The minimum absolute atomic E-state index is 0.349. The van der Waals surface area contributed by atoms with Gasteiger partial charge in [-0.1, -0.05) is 38.3 Å². The van der Waals surface area contributed by atoms with Gasteiger partial charge in [0.15, 0.2) is 0 Å². The largest absolute Gasteiger partial charge is 0.478 e. The third kappa shape index (κ3) is 3.45. The molecule has 0 atom stereocenters. The zero-order chi connectivity index (χ0) is 14.7. The van der Waals surface area contributed by atoms with E-state index in [4.69, 9.17) is 11.6 Å². The minimum Gasteiger partial charge on any atom is -0.478 e. The second-order valence-electron chi connectivity index (χ2n) is 5.95. The Kier molecular flexibility index (Phi) is 4.92. The number of aromatic carboxylic acids is 1. The van der Waals surface area contributed by atoms with Crippen LogP contribution in [0.2, 0.25) is 5.02 Å². The number of carbonyl (C=O) groups is 1. The third-order valence-electron chi connectivity index (χ3n) is 3.83. The molecule has 0 unspecified atom stereocenters. The Hall–Kier alpha value is -1.22. The second-order valence-corrected chi connectivity index (χ2v) is 6.39. The van der Waals surface area contributed by atoms with Crippen LogP contribution in [0.4, 0.5) is 5.69 Å². The predicted molar refractivity (Wildman–Crippen MR) is 82.9 cm³/mol. The molecule has 0 bridgehead atoms. The van der Waals surface area contributed by atoms with Crippen molar-refractivity contribution in [3.63, 3.8) is 0 Å². The molecule has 1 fully saturated rings. The summed E-state index contributed by atoms with van der Waals surface area (Å²) in [4.78, 5) is 13.7. The van der Waals surface area contributed by atoms with Crippen molar-refractivity contribution in [2.24, 2.45) is 5.92 Å². The second kappa shape index (κ2) is 6.49. The van der Waals surface area contributed by atoms with Crippen molar-refractivity contribution >= 4 is 23.3 Å². The summed E-state index contributed by atoms with van der Waals surface area (Å²) in [6.07, 6.45) is 4.72. The smallest absolute Gasteiger partial charge is 0.337 e. The van der Waals surface area contributed by atoms with E-state index < -0.39 is 5.97 Å². The SMILES string of the molecule is CC(C)CN(c1cc(Cl)ccc1C(=O)O)C1CCCC1. The van der Waals surface area contributed by atoms with Crippen LogP contribution in [0, 0.1) is 5.92 Å². The number of rotatable bonds is 5. The van der Waals surface area contributed by atoms with Crippen LogP contribution in [0.1, 0.15) is 49.9 Å². The molecule has 20 heavy (non-hydrogen) atoms. The van der Waals surface area contributed by atoms with Gasteiger partial charge in [0.05, 0.1) is 11.3 Å². The molecular weight excluding hydrogens is 274 g/mol. The standard InChI is InChI=1S/C16H22ClNO2/c1-11(2)10-18(13-5-3-4-6-13)15-9-12(17)7-8-14(15)16(19)20/h7-9,11,13H,3-6,10H2,1-2H3,(H,19,20). The maximum absolute atomic E-state index is 11.5. The summed E-state index contributed by atoms with van der Waals surface area (Å²) in [5.74, 6) is -0.403. The summed E-state index contributed by atoms with van der Waals surface area (Å²) in [7, 11) is 0. The molecule has 0 heterocycles. The average molecular weight is 296 g/mol. The Labute approximate surface area is 125 Å². The van der Waals surface area contributed by atoms with Gasteiger partial charge in [0.25, 0.3) is 0 Å². The summed E-state index contributed by atoms with van der Waals surface area (Å²) in [6, 6.07) is 5.50. The molecule has 3 nitrogen and oxygen atoms in total. The van der Waals surface area contributed by atoms with Gasteiger partial charge in [-0.15, -0.1) is 0 Å². The van der Waals surface area contributed by atoms with Gasteiger partial charge in [-0.25, -0.2) is 4.79 Å². The number of carboxylic acids is 1. The Morgan fingerprint density at radius 2 is 2.05 bits per heavy atom. The fourth-order valence-electron chi connectivity index (χ4n) is 2.98. The maximum Gasteiger partial charge on any atom is 0.337 e. The van der Waals surface area contributed by atoms with E-state index in [2.05, 4.69) is 18.7 Å². The van der Waals surface area contributed by atoms with Crippen LogP contribution < -0.4 is 4.90 Å². The lowest BCUT2D eigenvalue weighted by Gasteiger charge is -2.34. The average Bonchev–Trinajstić information content (AvgIpc) is 2.88. The number of hydrogen-bond donors (Lipinski definition) is 1. The summed E-state index contributed by atoms with van der Waals surface area (Å²) in [5, 5.41) is 10.0. The fraction of sp³-hybridized carbons (Fsp3) is 0.562. The molecule has 0 saturated heterocycles. The Bertz CT molecular complexity index is 481. The molecule has 110 valence electrons. The first-order chi connectivity index (χ1) is 9.49. The molecule has 0 aliphatic heterocycles. The summed E-state index contributed by atoms with van der Waals surface area (Å²) in [5.41, 5.74) is 1.12. The maximum atomic E-state index is 11.5. The van der Waals surface area contributed by atoms with Gasteiger partial charge in [-0.05, 0) is 37.0 Å². The summed E-state index contributed by atoms with van der Waals surface area (Å²) < 4.78 is 0. The lowest BCUT2D eigenvalue weighted by atomic mass is 10.1. The highest BCUT2D eigenvalue weighted by Gasteiger charge is 2.26. The van der Waals surface area contributed by atoms with Crippen molar-refractivity contribution in [3.8, 4) is 0 Å². The van der Waals surface area contributed by atoms with Crippen molar-refractivity contribution in [2.45, 2.75) is 45.6 Å². The zero-order valence-electron chi connectivity index (χ0n) is 12.1. The monoisotopic (exact) mass is 295 g/mol. The molecule has 1 saturated carbocycles. The molecular formula is C16H22ClNO2. The zero-order valence-corrected chi connectivity index (χ0v) is 12.9. The highest BCUT2D eigenvalue weighted by molar-refractivity contribution is 6.31. The molecule has 1 aromatic carbocycles. The Morgan fingerprint density at radius 1 is 1.40 bits per heavy atom. The van der Waals surface area contributed by atoms with E-state index in [0.29, 0.717) is 22.5 Å². The first kappa shape index (κ1) is 15.2. The number of hydrogen-bond acceptors (Lipinski definition) is 2. The molecule has 0 aromatic heterocycles. The van der Waals surface area contributed by atoms with Gasteiger partial charge in [0, 0.05) is 17.6 Å². The van der Waals surface area contributed by atoms with E-state index >= 15 is 0 Å². The number of halogens is 1. The Morgan fingerprint density at radius 3 is 2.60 bits per heavy atom.